The Morgan fingerprint density at radius 3 is 2.80 bits per heavy atom. The average molecular weight is 270 g/mol. The van der Waals surface area contributed by atoms with Crippen molar-refractivity contribution in [2.45, 2.75) is 20.3 Å². The molecule has 0 aliphatic heterocycles. The molecule has 0 spiro atoms. The zero-order chi connectivity index (χ0) is 14.5. The van der Waals surface area contributed by atoms with E-state index in [1.807, 2.05) is 38.1 Å². The van der Waals surface area contributed by atoms with E-state index in [9.17, 15) is 4.79 Å². The third kappa shape index (κ3) is 3.18. The van der Waals surface area contributed by atoms with Crippen LogP contribution in [0.25, 0.3) is 11.0 Å². The third-order valence-electron chi connectivity index (χ3n) is 3.00. The normalized spacial score (nSPS) is 10.7. The maximum absolute atomic E-state index is 12.5. The highest BCUT2D eigenvalue weighted by Crippen LogP contribution is 2.20. The highest BCUT2D eigenvalue weighted by molar-refractivity contribution is 5.96. The number of carbonyl (C=O) groups is 1. The molecule has 0 fully saturated rings. The Hall–Kier alpha value is -2.28. The molecule has 104 valence electrons. The number of nitrogens with zero attached hydrogens (tertiary/aromatic N) is 2. The Bertz CT molecular complexity index is 604. The minimum atomic E-state index is -0.148. The summed E-state index contributed by atoms with van der Waals surface area (Å²) in [7, 11) is 0. The first-order chi connectivity index (χ1) is 9.61. The molecule has 1 amide bonds. The van der Waals surface area contributed by atoms with Gasteiger partial charge in [-0.3, -0.25) is 4.79 Å². The molecular weight excluding hydrogens is 252 g/mol. The minimum absolute atomic E-state index is 0.148. The lowest BCUT2D eigenvalue weighted by Crippen LogP contribution is -2.34. The number of amides is 1. The third-order valence-corrected chi connectivity index (χ3v) is 3.00. The van der Waals surface area contributed by atoms with Gasteiger partial charge in [0.15, 0.2) is 5.76 Å². The number of carbonyl (C=O) groups excluding carboxylic acids is 1. The number of para-hydroxylation sites is 1. The van der Waals surface area contributed by atoms with Gasteiger partial charge in [0.05, 0.1) is 12.5 Å². The first kappa shape index (κ1) is 14.1. The van der Waals surface area contributed by atoms with Crippen molar-refractivity contribution in [3.05, 3.63) is 36.1 Å². The zero-order valence-electron chi connectivity index (χ0n) is 11.8. The molecule has 1 aromatic carbocycles. The van der Waals surface area contributed by atoms with Gasteiger partial charge in [-0.15, -0.1) is 0 Å². The number of hydrogen-bond donors (Lipinski definition) is 0. The van der Waals surface area contributed by atoms with Crippen LogP contribution in [-0.2, 0) is 0 Å². The second kappa shape index (κ2) is 6.25. The number of nitriles is 1. The minimum Gasteiger partial charge on any atom is -0.451 e. The van der Waals surface area contributed by atoms with Gasteiger partial charge in [-0.1, -0.05) is 32.0 Å². The molecule has 20 heavy (non-hydrogen) atoms. The molecule has 0 saturated carbocycles. The van der Waals surface area contributed by atoms with E-state index in [4.69, 9.17) is 9.68 Å². The van der Waals surface area contributed by atoms with Crippen molar-refractivity contribution in [2.24, 2.45) is 5.92 Å². The zero-order valence-corrected chi connectivity index (χ0v) is 11.8. The van der Waals surface area contributed by atoms with Crippen LogP contribution in [0.5, 0.6) is 0 Å². The molecular formula is C16H18N2O2. The molecule has 1 aromatic heterocycles. The summed E-state index contributed by atoms with van der Waals surface area (Å²) < 4.78 is 5.60. The predicted molar refractivity (Wildman–Crippen MR) is 77.2 cm³/mol. The van der Waals surface area contributed by atoms with E-state index >= 15 is 0 Å². The first-order valence-corrected chi connectivity index (χ1v) is 6.76. The molecule has 1 heterocycles. The molecule has 0 aliphatic rings. The molecule has 0 saturated heterocycles. The van der Waals surface area contributed by atoms with Gasteiger partial charge in [0.2, 0.25) is 0 Å². The van der Waals surface area contributed by atoms with Crippen LogP contribution >= 0.6 is 0 Å². The first-order valence-electron chi connectivity index (χ1n) is 6.76. The summed E-state index contributed by atoms with van der Waals surface area (Å²) in [4.78, 5) is 14.2. The van der Waals surface area contributed by atoms with Crippen molar-refractivity contribution in [3.8, 4) is 6.07 Å². The number of fused-ring (bicyclic) bond motifs is 1. The lowest BCUT2D eigenvalue weighted by Gasteiger charge is -2.22. The summed E-state index contributed by atoms with van der Waals surface area (Å²) in [5, 5.41) is 9.62. The van der Waals surface area contributed by atoms with E-state index in [2.05, 4.69) is 6.07 Å². The van der Waals surface area contributed by atoms with Crippen LogP contribution in [0.2, 0.25) is 0 Å². The molecule has 2 aromatic rings. The van der Waals surface area contributed by atoms with Crippen molar-refractivity contribution in [1.82, 2.24) is 4.90 Å². The quantitative estimate of drug-likeness (QED) is 0.836. The number of furan rings is 1. The van der Waals surface area contributed by atoms with Crippen LogP contribution in [0.3, 0.4) is 0 Å². The van der Waals surface area contributed by atoms with Gasteiger partial charge >= 0.3 is 0 Å². The fraction of sp³-hybridized carbons (Fsp3) is 0.375. The molecule has 4 nitrogen and oxygen atoms in total. The van der Waals surface area contributed by atoms with Crippen molar-refractivity contribution in [2.75, 3.05) is 13.1 Å². The van der Waals surface area contributed by atoms with Crippen LogP contribution in [0.1, 0.15) is 30.8 Å². The van der Waals surface area contributed by atoms with Gasteiger partial charge in [0.25, 0.3) is 5.91 Å². The smallest absolute Gasteiger partial charge is 0.289 e. The highest BCUT2D eigenvalue weighted by atomic mass is 16.3. The van der Waals surface area contributed by atoms with Gasteiger partial charge in [0.1, 0.15) is 5.58 Å². The fourth-order valence-corrected chi connectivity index (χ4v) is 2.14. The Morgan fingerprint density at radius 2 is 2.15 bits per heavy atom. The van der Waals surface area contributed by atoms with Gasteiger partial charge in [-0.2, -0.15) is 5.26 Å². The van der Waals surface area contributed by atoms with E-state index in [1.165, 1.54) is 0 Å². The lowest BCUT2D eigenvalue weighted by atomic mass is 10.2. The molecule has 0 atom stereocenters. The molecule has 4 heteroatoms. The summed E-state index contributed by atoms with van der Waals surface area (Å²) in [6.45, 7) is 5.15. The van der Waals surface area contributed by atoms with Crippen molar-refractivity contribution >= 4 is 16.9 Å². The van der Waals surface area contributed by atoms with Gasteiger partial charge in [0, 0.05) is 18.5 Å². The molecule has 0 N–H and O–H groups in total. The molecule has 0 bridgehead atoms. The monoisotopic (exact) mass is 270 g/mol. The van der Waals surface area contributed by atoms with Crippen LogP contribution in [-0.4, -0.2) is 23.9 Å². The standard InChI is InChI=1S/C16H18N2O2/c1-12(2)11-18(9-5-8-17)16(19)15-10-13-6-3-4-7-14(13)20-15/h3-4,6-7,10,12H,5,9,11H2,1-2H3. The maximum Gasteiger partial charge on any atom is 0.289 e. The Labute approximate surface area is 118 Å². The number of benzene rings is 1. The number of rotatable bonds is 5. The highest BCUT2D eigenvalue weighted by Gasteiger charge is 2.20. The molecule has 0 unspecified atom stereocenters. The van der Waals surface area contributed by atoms with Gasteiger partial charge < -0.3 is 9.32 Å². The summed E-state index contributed by atoms with van der Waals surface area (Å²) in [5.41, 5.74) is 0.709. The topological polar surface area (TPSA) is 57.2 Å². The number of hydrogen-bond acceptors (Lipinski definition) is 3. The maximum atomic E-state index is 12.5. The van der Waals surface area contributed by atoms with Crippen LogP contribution in [0.15, 0.2) is 34.7 Å². The molecule has 2 rings (SSSR count). The predicted octanol–water partition coefficient (Wildman–Crippen LogP) is 3.44. The van der Waals surface area contributed by atoms with Crippen molar-refractivity contribution < 1.29 is 9.21 Å². The SMILES string of the molecule is CC(C)CN(CCC#N)C(=O)c1cc2ccccc2o1. The summed E-state index contributed by atoms with van der Waals surface area (Å²) in [6, 6.07) is 11.4. The van der Waals surface area contributed by atoms with E-state index in [0.29, 0.717) is 36.8 Å². The van der Waals surface area contributed by atoms with Gasteiger partial charge in [-0.05, 0) is 18.1 Å². The van der Waals surface area contributed by atoms with Crippen LogP contribution in [0.4, 0.5) is 0 Å². The van der Waals surface area contributed by atoms with Crippen molar-refractivity contribution in [3.63, 3.8) is 0 Å². The van der Waals surface area contributed by atoms with Crippen LogP contribution < -0.4 is 0 Å². The summed E-state index contributed by atoms with van der Waals surface area (Å²) in [6.07, 6.45) is 0.332. The fourth-order valence-electron chi connectivity index (χ4n) is 2.14. The van der Waals surface area contributed by atoms with Gasteiger partial charge in [-0.25, -0.2) is 0 Å². The second-order valence-electron chi connectivity index (χ2n) is 5.20. The molecule has 0 aliphatic carbocycles. The van der Waals surface area contributed by atoms with Crippen LogP contribution in [0, 0.1) is 17.2 Å². The van der Waals surface area contributed by atoms with E-state index in [-0.39, 0.29) is 5.91 Å². The van der Waals surface area contributed by atoms with Crippen molar-refractivity contribution in [1.29, 1.82) is 5.26 Å². The second-order valence-corrected chi connectivity index (χ2v) is 5.20. The Balaban J connectivity index is 2.23. The molecule has 0 radical (unpaired) electrons. The average Bonchev–Trinajstić information content (AvgIpc) is 2.86. The van der Waals surface area contributed by atoms with E-state index in [1.54, 1.807) is 11.0 Å². The van der Waals surface area contributed by atoms with E-state index < -0.39 is 0 Å². The Morgan fingerprint density at radius 1 is 1.40 bits per heavy atom. The summed E-state index contributed by atoms with van der Waals surface area (Å²) >= 11 is 0. The Kier molecular flexibility index (Phi) is 4.41. The summed E-state index contributed by atoms with van der Waals surface area (Å²) in [5.74, 6) is 0.539. The van der Waals surface area contributed by atoms with E-state index in [0.717, 1.165) is 5.39 Å². The lowest BCUT2D eigenvalue weighted by molar-refractivity contribution is 0.0710. The largest absolute Gasteiger partial charge is 0.451 e.